The lowest BCUT2D eigenvalue weighted by Gasteiger charge is -2.00. The van der Waals surface area contributed by atoms with Gasteiger partial charge >= 0.3 is 0 Å². The van der Waals surface area contributed by atoms with Gasteiger partial charge in [-0.25, -0.2) is 4.68 Å². The summed E-state index contributed by atoms with van der Waals surface area (Å²) in [5, 5.41) is 12.2. The van der Waals surface area contributed by atoms with Crippen molar-refractivity contribution in [3.8, 4) is 5.69 Å². The molecule has 0 amide bonds. The Kier molecular flexibility index (Phi) is 2.62. The Morgan fingerprint density at radius 2 is 2.27 bits per heavy atom. The van der Waals surface area contributed by atoms with Crippen LogP contribution in [0.15, 0.2) is 35.3 Å². The van der Waals surface area contributed by atoms with Gasteiger partial charge < -0.3 is 5.11 Å². The molecule has 0 aliphatic carbocycles. The highest BCUT2D eigenvalue weighted by Crippen LogP contribution is 2.12. The summed E-state index contributed by atoms with van der Waals surface area (Å²) in [5.74, 6) is 0. The molecule has 0 aliphatic heterocycles. The molecule has 0 saturated carbocycles. The van der Waals surface area contributed by atoms with Crippen LogP contribution in [0.5, 0.6) is 0 Å². The first-order valence-electron chi connectivity index (χ1n) is 4.38. The van der Waals surface area contributed by atoms with Gasteiger partial charge in [0.05, 0.1) is 17.9 Å². The van der Waals surface area contributed by atoms with Crippen molar-refractivity contribution in [3.05, 3.63) is 51.4 Å². The van der Waals surface area contributed by atoms with E-state index in [-0.39, 0.29) is 12.2 Å². The molecule has 5 heteroatoms. The van der Waals surface area contributed by atoms with E-state index in [1.54, 1.807) is 24.3 Å². The van der Waals surface area contributed by atoms with E-state index in [1.807, 2.05) is 0 Å². The van der Waals surface area contributed by atoms with Crippen molar-refractivity contribution < 1.29 is 5.11 Å². The Morgan fingerprint density at radius 3 is 2.87 bits per heavy atom. The predicted molar refractivity (Wildman–Crippen MR) is 57.3 cm³/mol. The third-order valence-corrected chi connectivity index (χ3v) is 2.32. The van der Waals surface area contributed by atoms with Crippen LogP contribution in [-0.2, 0) is 6.61 Å². The van der Waals surface area contributed by atoms with Crippen LogP contribution in [-0.4, -0.2) is 14.9 Å². The minimum Gasteiger partial charge on any atom is -0.391 e. The van der Waals surface area contributed by atoms with Crippen LogP contribution in [0.25, 0.3) is 5.69 Å². The van der Waals surface area contributed by atoms with Crippen molar-refractivity contribution in [2.75, 3.05) is 0 Å². The second-order valence-electron chi connectivity index (χ2n) is 3.08. The van der Waals surface area contributed by atoms with Gasteiger partial charge in [0, 0.05) is 11.2 Å². The highest BCUT2D eigenvalue weighted by atomic mass is 35.5. The number of benzene rings is 1. The van der Waals surface area contributed by atoms with Crippen molar-refractivity contribution in [2.24, 2.45) is 0 Å². The highest BCUT2D eigenvalue weighted by molar-refractivity contribution is 6.30. The molecule has 78 valence electrons. The number of nitrogens with one attached hydrogen (secondary N) is 1. The zero-order valence-corrected chi connectivity index (χ0v) is 8.53. The highest BCUT2D eigenvalue weighted by Gasteiger charge is 2.06. The van der Waals surface area contributed by atoms with Gasteiger partial charge in [-0.3, -0.25) is 9.89 Å². The normalized spacial score (nSPS) is 10.5. The van der Waals surface area contributed by atoms with Gasteiger partial charge in [-0.1, -0.05) is 17.7 Å². The first-order valence-corrected chi connectivity index (χ1v) is 4.76. The number of H-pyrrole nitrogens is 1. The number of nitrogens with zero attached hydrogens (tertiary/aromatic N) is 1. The van der Waals surface area contributed by atoms with E-state index in [2.05, 4.69) is 5.10 Å². The number of hydrogen-bond acceptors (Lipinski definition) is 2. The quantitative estimate of drug-likeness (QED) is 0.808. The van der Waals surface area contributed by atoms with Crippen molar-refractivity contribution in [3.63, 3.8) is 0 Å². The fraction of sp³-hybridized carbons (Fsp3) is 0.100. The number of halogens is 1. The molecule has 0 radical (unpaired) electrons. The number of hydrogen-bond donors (Lipinski definition) is 2. The average molecular weight is 225 g/mol. The Labute approximate surface area is 90.7 Å². The lowest BCUT2D eigenvalue weighted by Crippen LogP contribution is -2.17. The van der Waals surface area contributed by atoms with Crippen LogP contribution in [0.2, 0.25) is 5.02 Å². The molecule has 1 heterocycles. The average Bonchev–Trinajstić information content (AvgIpc) is 2.59. The molecule has 2 rings (SSSR count). The van der Waals surface area contributed by atoms with E-state index in [1.165, 1.54) is 10.9 Å². The van der Waals surface area contributed by atoms with Crippen LogP contribution in [0, 0.1) is 0 Å². The maximum absolute atomic E-state index is 11.6. The van der Waals surface area contributed by atoms with Gasteiger partial charge in [0.2, 0.25) is 0 Å². The third-order valence-electron chi connectivity index (χ3n) is 2.08. The maximum atomic E-state index is 11.6. The third kappa shape index (κ3) is 1.82. The van der Waals surface area contributed by atoms with Crippen molar-refractivity contribution in [2.45, 2.75) is 6.61 Å². The molecular formula is C10H9ClN2O2. The summed E-state index contributed by atoms with van der Waals surface area (Å²) in [6, 6.07) is 6.90. The first kappa shape index (κ1) is 10.0. The molecule has 1 aromatic heterocycles. The summed E-state index contributed by atoms with van der Waals surface area (Å²) in [5.41, 5.74) is 0.710. The Morgan fingerprint density at radius 1 is 1.47 bits per heavy atom. The van der Waals surface area contributed by atoms with Crippen molar-refractivity contribution >= 4 is 11.6 Å². The summed E-state index contributed by atoms with van der Waals surface area (Å²) >= 11 is 5.81. The Balaban J connectivity index is 2.55. The molecule has 0 atom stereocenters. The molecule has 0 saturated heterocycles. The van der Waals surface area contributed by atoms with Gasteiger partial charge in [0.15, 0.2) is 0 Å². The van der Waals surface area contributed by atoms with Gasteiger partial charge in [-0.15, -0.1) is 0 Å². The number of aromatic amines is 1. The minimum atomic E-state index is -0.275. The van der Waals surface area contributed by atoms with Crippen LogP contribution in [0.3, 0.4) is 0 Å². The second kappa shape index (κ2) is 3.92. The van der Waals surface area contributed by atoms with Crippen LogP contribution < -0.4 is 5.56 Å². The molecule has 0 unspecified atom stereocenters. The molecule has 0 spiro atoms. The molecule has 2 N–H and O–H groups in total. The standard InChI is InChI=1S/C10H9ClN2O2/c11-8-2-1-3-9(4-8)13-10(15)7(6-14)5-12-13/h1-5,12,14H,6H2. The van der Waals surface area contributed by atoms with Crippen molar-refractivity contribution in [1.82, 2.24) is 9.78 Å². The lowest BCUT2D eigenvalue weighted by molar-refractivity contribution is 0.280. The van der Waals surface area contributed by atoms with Gasteiger partial charge in [0.25, 0.3) is 5.56 Å². The summed E-state index contributed by atoms with van der Waals surface area (Å²) in [7, 11) is 0. The number of rotatable bonds is 2. The monoisotopic (exact) mass is 224 g/mol. The fourth-order valence-corrected chi connectivity index (χ4v) is 1.51. The fourth-order valence-electron chi connectivity index (χ4n) is 1.33. The summed E-state index contributed by atoms with van der Waals surface area (Å²) in [4.78, 5) is 11.6. The molecule has 1 aromatic carbocycles. The number of aliphatic hydroxyl groups is 1. The topological polar surface area (TPSA) is 58.0 Å². The summed E-state index contributed by atoms with van der Waals surface area (Å²) in [6.07, 6.45) is 1.48. The molecular weight excluding hydrogens is 216 g/mol. The van der Waals surface area contributed by atoms with E-state index in [9.17, 15) is 4.79 Å². The van der Waals surface area contributed by atoms with Gasteiger partial charge in [0.1, 0.15) is 0 Å². The lowest BCUT2D eigenvalue weighted by atomic mass is 10.3. The van der Waals surface area contributed by atoms with E-state index >= 15 is 0 Å². The predicted octanol–water partition coefficient (Wildman–Crippen LogP) is 1.31. The smallest absolute Gasteiger partial charge is 0.276 e. The SMILES string of the molecule is O=c1c(CO)c[nH]n1-c1cccc(Cl)c1. The Bertz CT molecular complexity index is 530. The molecule has 0 fully saturated rings. The minimum absolute atomic E-state index is 0.264. The van der Waals surface area contributed by atoms with E-state index < -0.39 is 0 Å². The second-order valence-corrected chi connectivity index (χ2v) is 3.51. The number of aromatic nitrogens is 2. The molecule has 4 nitrogen and oxygen atoms in total. The van der Waals surface area contributed by atoms with Gasteiger partial charge in [-0.05, 0) is 18.2 Å². The van der Waals surface area contributed by atoms with E-state index in [0.29, 0.717) is 16.3 Å². The molecule has 2 aromatic rings. The molecule has 0 aliphatic rings. The van der Waals surface area contributed by atoms with Crippen LogP contribution in [0.4, 0.5) is 0 Å². The first-order chi connectivity index (χ1) is 7.22. The maximum Gasteiger partial charge on any atom is 0.276 e. The van der Waals surface area contributed by atoms with E-state index in [0.717, 1.165) is 0 Å². The zero-order valence-electron chi connectivity index (χ0n) is 7.77. The molecule has 0 bridgehead atoms. The zero-order chi connectivity index (χ0) is 10.8. The molecule has 15 heavy (non-hydrogen) atoms. The van der Waals surface area contributed by atoms with Crippen LogP contribution >= 0.6 is 11.6 Å². The summed E-state index contributed by atoms with van der Waals surface area (Å²) < 4.78 is 1.33. The Hall–Kier alpha value is -1.52. The largest absolute Gasteiger partial charge is 0.391 e. The van der Waals surface area contributed by atoms with Crippen molar-refractivity contribution in [1.29, 1.82) is 0 Å². The van der Waals surface area contributed by atoms with E-state index in [4.69, 9.17) is 16.7 Å². The number of aliphatic hydroxyl groups excluding tert-OH is 1. The summed E-state index contributed by atoms with van der Waals surface area (Å²) in [6.45, 7) is -0.275. The van der Waals surface area contributed by atoms with Gasteiger partial charge in [-0.2, -0.15) is 0 Å². The van der Waals surface area contributed by atoms with Crippen LogP contribution in [0.1, 0.15) is 5.56 Å².